The molecule has 302 valence electrons. The van der Waals surface area contributed by atoms with Gasteiger partial charge in [-0.2, -0.15) is 10.2 Å². The number of carbonyl (C=O) groups is 2. The van der Waals surface area contributed by atoms with Crippen LogP contribution in [0.3, 0.4) is 0 Å². The lowest BCUT2D eigenvalue weighted by atomic mass is 9.94. The fourth-order valence-corrected chi connectivity index (χ4v) is 8.01. The number of aromatic hydroxyl groups is 2. The molecule has 21 nitrogen and oxygen atoms in total. The minimum atomic E-state index is -5.45. The molecule has 0 fully saturated rings. The molecule has 0 heterocycles. The van der Waals surface area contributed by atoms with Crippen molar-refractivity contribution in [2.24, 2.45) is 10.2 Å². The average molecular weight is 873 g/mol. The number of carbonyl (C=O) groups excluding carboxylic acids is 2. The second-order valence-corrected chi connectivity index (χ2v) is 17.4. The largest absolute Gasteiger partial charge is 0.744 e. The first-order valence-electron chi connectivity index (χ1n) is 15.5. The van der Waals surface area contributed by atoms with Crippen molar-refractivity contribution in [3.63, 3.8) is 0 Å². The summed E-state index contributed by atoms with van der Waals surface area (Å²) in [5.41, 5.74) is 1.74. The van der Waals surface area contributed by atoms with Crippen molar-refractivity contribution < 1.29 is 76.4 Å². The van der Waals surface area contributed by atoms with Gasteiger partial charge in [0.2, 0.25) is 11.6 Å². The standard InChI is InChI=1S/C33H24N4O17S4/c1-54-25-10-16(4-7-22(25)35-37-31-27(58(51,52)53)12-18-9-21(56(45,46)47)14-24(39)29(18)33(31)41)15-2-5-19(6-3-15)34-36-30-26(57(48,49)50)11-17-8-20(55(42,43)44)13-23(38)28(17)32(30)40/h2-14,34-35,38-39H,1H3,(H,42,43,44)(H,45,46,47)(H,48,49,50)(H,51,52,53)/p-4. The van der Waals surface area contributed by atoms with Crippen molar-refractivity contribution in [3.8, 4) is 28.4 Å². The number of allylic oxidation sites excluding steroid dienone is 2. The van der Waals surface area contributed by atoms with E-state index in [1.807, 2.05) is 0 Å². The fraction of sp³-hybridized carbons (Fsp3) is 0.0303. The van der Waals surface area contributed by atoms with Gasteiger partial charge in [-0.15, -0.1) is 0 Å². The second-order valence-electron chi connectivity index (χ2n) is 11.9. The molecule has 0 unspecified atom stereocenters. The average Bonchev–Trinajstić information content (AvgIpc) is 3.12. The number of rotatable bonds is 10. The summed E-state index contributed by atoms with van der Waals surface area (Å²) in [5, 5.41) is 28.2. The van der Waals surface area contributed by atoms with Crippen molar-refractivity contribution in [3.05, 3.63) is 98.8 Å². The summed E-state index contributed by atoms with van der Waals surface area (Å²) in [6.07, 6.45) is 1.18. The van der Waals surface area contributed by atoms with Crippen LogP contribution in [0.5, 0.6) is 17.2 Å². The molecule has 0 radical (unpaired) electrons. The summed E-state index contributed by atoms with van der Waals surface area (Å²) >= 11 is 0. The van der Waals surface area contributed by atoms with Crippen LogP contribution in [0.4, 0.5) is 11.4 Å². The third kappa shape index (κ3) is 8.08. The van der Waals surface area contributed by atoms with Crippen LogP contribution in [0, 0.1) is 0 Å². The zero-order chi connectivity index (χ0) is 42.7. The summed E-state index contributed by atoms with van der Waals surface area (Å²) < 4.78 is 147. The van der Waals surface area contributed by atoms with Gasteiger partial charge in [0, 0.05) is 0 Å². The van der Waals surface area contributed by atoms with Gasteiger partial charge in [0.15, 0.2) is 0 Å². The highest BCUT2D eigenvalue weighted by Crippen LogP contribution is 2.37. The number of hydrogen-bond donors (Lipinski definition) is 4. The zero-order valence-corrected chi connectivity index (χ0v) is 31.8. The molecular formula is C33H20N4O17S4-4. The Morgan fingerprint density at radius 2 is 1.00 bits per heavy atom. The quantitative estimate of drug-likeness (QED) is 0.130. The van der Waals surface area contributed by atoms with Crippen LogP contribution >= 0.6 is 0 Å². The van der Waals surface area contributed by atoms with Gasteiger partial charge in [-0.3, -0.25) is 20.4 Å². The van der Waals surface area contributed by atoms with E-state index in [2.05, 4.69) is 21.1 Å². The molecule has 0 saturated heterocycles. The van der Waals surface area contributed by atoms with Crippen molar-refractivity contribution in [2.45, 2.75) is 9.79 Å². The van der Waals surface area contributed by atoms with Gasteiger partial charge < -0.3 is 33.2 Å². The predicted molar refractivity (Wildman–Crippen MR) is 197 cm³/mol. The Kier molecular flexibility index (Phi) is 10.4. The molecule has 4 aromatic carbocycles. The molecule has 2 aliphatic rings. The predicted octanol–water partition coefficient (Wildman–Crippen LogP) is 1.68. The fourth-order valence-electron chi connectivity index (χ4n) is 5.66. The molecule has 0 aromatic heterocycles. The van der Waals surface area contributed by atoms with Crippen LogP contribution < -0.4 is 15.6 Å². The van der Waals surface area contributed by atoms with Gasteiger partial charge in [0.25, 0.3) is 0 Å². The van der Waals surface area contributed by atoms with Crippen LogP contribution in [-0.4, -0.2) is 92.2 Å². The topological polar surface area (TPSA) is 361 Å². The first-order valence-corrected chi connectivity index (χ1v) is 21.1. The number of benzene rings is 4. The summed E-state index contributed by atoms with van der Waals surface area (Å²) in [7, 11) is -19.9. The number of Topliss-reactive ketones (excluding diaryl/α,β-unsaturated/α-hetero) is 2. The van der Waals surface area contributed by atoms with Crippen molar-refractivity contribution in [1.82, 2.24) is 0 Å². The maximum atomic E-state index is 13.3. The minimum Gasteiger partial charge on any atom is -0.744 e. The van der Waals surface area contributed by atoms with Gasteiger partial charge >= 0.3 is 0 Å². The molecule has 4 aromatic rings. The number of fused-ring (bicyclic) bond motifs is 2. The second kappa shape index (κ2) is 14.6. The van der Waals surface area contributed by atoms with Crippen LogP contribution in [-0.2, 0) is 40.5 Å². The molecule has 0 saturated carbocycles. The van der Waals surface area contributed by atoms with Gasteiger partial charge in [-0.25, -0.2) is 33.7 Å². The normalized spacial score (nSPS) is 16.0. The number of nitrogens with zero attached hydrogens (tertiary/aromatic N) is 2. The number of hydrogen-bond acceptors (Lipinski definition) is 21. The Morgan fingerprint density at radius 1 is 0.569 bits per heavy atom. The molecule has 0 amide bonds. The lowest BCUT2D eigenvalue weighted by molar-refractivity contribution is 0.105. The van der Waals surface area contributed by atoms with Crippen molar-refractivity contribution in [2.75, 3.05) is 18.0 Å². The smallest absolute Gasteiger partial charge is 0.218 e. The van der Waals surface area contributed by atoms with Gasteiger partial charge in [-0.1, -0.05) is 18.2 Å². The van der Waals surface area contributed by atoms with E-state index in [0.29, 0.717) is 47.5 Å². The van der Waals surface area contributed by atoms with E-state index in [9.17, 15) is 71.7 Å². The Morgan fingerprint density at radius 3 is 1.41 bits per heavy atom. The summed E-state index contributed by atoms with van der Waals surface area (Å²) in [6.45, 7) is 0. The van der Waals surface area contributed by atoms with E-state index in [0.717, 1.165) is 0 Å². The molecule has 0 atom stereocenters. The molecule has 6 rings (SSSR count). The number of ether oxygens (including phenoxy) is 1. The Hall–Kier alpha value is -6.32. The minimum absolute atomic E-state index is 0.0268. The van der Waals surface area contributed by atoms with E-state index >= 15 is 0 Å². The maximum absolute atomic E-state index is 13.3. The number of methoxy groups -OCH3 is 1. The number of ketones is 2. The monoisotopic (exact) mass is 872 g/mol. The van der Waals surface area contributed by atoms with Crippen molar-refractivity contribution in [1.29, 1.82) is 0 Å². The van der Waals surface area contributed by atoms with E-state index in [1.54, 1.807) is 0 Å². The number of nitrogens with one attached hydrogen (secondary N) is 2. The first kappa shape index (κ1) is 41.3. The highest BCUT2D eigenvalue weighted by molar-refractivity contribution is 7.91. The van der Waals surface area contributed by atoms with Crippen LogP contribution in [0.1, 0.15) is 31.8 Å². The zero-order valence-electron chi connectivity index (χ0n) is 28.6. The molecule has 2 aliphatic carbocycles. The lowest BCUT2D eigenvalue weighted by Gasteiger charge is -2.22. The van der Waals surface area contributed by atoms with Gasteiger partial charge in [0.1, 0.15) is 69.1 Å². The molecule has 25 heteroatoms. The highest BCUT2D eigenvalue weighted by Gasteiger charge is 2.34. The molecule has 0 spiro atoms. The molecule has 0 bridgehead atoms. The highest BCUT2D eigenvalue weighted by atomic mass is 32.2. The van der Waals surface area contributed by atoms with Gasteiger partial charge in [0.05, 0.1) is 49.2 Å². The van der Waals surface area contributed by atoms with Crippen LogP contribution in [0.15, 0.2) is 96.5 Å². The third-order valence-electron chi connectivity index (χ3n) is 8.29. The number of phenols is 2. The van der Waals surface area contributed by atoms with E-state index in [-0.39, 0.29) is 17.1 Å². The van der Waals surface area contributed by atoms with Crippen LogP contribution in [0.2, 0.25) is 0 Å². The maximum Gasteiger partial charge on any atom is 0.218 e. The number of hydrazone groups is 2. The Bertz CT molecular complexity index is 3080. The SMILES string of the molecule is COc1cc(-c2ccc(NN=C3C(=O)c4c(O)cc(S(=O)(=O)[O-])cc4C=C3S(=O)(=O)[O-])cc2)ccc1NN=C1C(=O)c2c(O)cc(S(=O)(=O)[O-])cc2C=C1S(=O)(=O)[O-]. The molecule has 58 heavy (non-hydrogen) atoms. The van der Waals surface area contributed by atoms with Gasteiger partial charge in [-0.05, 0) is 82.9 Å². The first-order chi connectivity index (χ1) is 26.9. The summed E-state index contributed by atoms with van der Waals surface area (Å²) in [4.78, 5) is 22.1. The molecule has 0 aliphatic heterocycles. The van der Waals surface area contributed by atoms with E-state index < -0.39 is 117 Å². The Balaban J connectivity index is 1.26. The summed E-state index contributed by atoms with van der Waals surface area (Å²) in [5.74, 6) is -4.51. The van der Waals surface area contributed by atoms with Crippen molar-refractivity contribution >= 4 is 87.0 Å². The third-order valence-corrected chi connectivity index (χ3v) is 11.6. The molecule has 4 N–H and O–H groups in total. The summed E-state index contributed by atoms with van der Waals surface area (Å²) in [6, 6.07) is 12.4. The lowest BCUT2D eigenvalue weighted by Crippen LogP contribution is -2.27. The Labute approximate surface area is 327 Å². The van der Waals surface area contributed by atoms with E-state index in [4.69, 9.17) is 4.74 Å². The number of phenolic OH excluding ortho intramolecular Hbond substituents is 2. The van der Waals surface area contributed by atoms with Crippen LogP contribution in [0.25, 0.3) is 23.3 Å². The number of anilines is 2. The van der Waals surface area contributed by atoms with E-state index in [1.165, 1.54) is 49.6 Å². The molecular weight excluding hydrogens is 853 g/mol.